The molecule has 5 nitrogen and oxygen atoms in total. The zero-order valence-corrected chi connectivity index (χ0v) is 12.2. The molecule has 7 heteroatoms. The predicted molar refractivity (Wildman–Crippen MR) is 75.7 cm³/mol. The number of carbonyl (C=O) groups excluding carboxylic acids is 1. The van der Waals surface area contributed by atoms with E-state index < -0.39 is 18.2 Å². The molecule has 0 aromatic heterocycles. The van der Waals surface area contributed by atoms with Crippen molar-refractivity contribution in [1.29, 1.82) is 0 Å². The van der Waals surface area contributed by atoms with E-state index in [1.165, 1.54) is 6.07 Å². The van der Waals surface area contributed by atoms with Crippen molar-refractivity contribution in [1.82, 2.24) is 5.32 Å². The first kappa shape index (κ1) is 17.2. The number of benzene rings is 1. The van der Waals surface area contributed by atoms with Gasteiger partial charge in [0.1, 0.15) is 5.75 Å². The highest BCUT2D eigenvalue weighted by atomic mass is 19.3. The van der Waals surface area contributed by atoms with E-state index >= 15 is 0 Å². The summed E-state index contributed by atoms with van der Waals surface area (Å²) in [7, 11) is 0. The van der Waals surface area contributed by atoms with Gasteiger partial charge in [-0.2, -0.15) is 8.78 Å². The summed E-state index contributed by atoms with van der Waals surface area (Å²) >= 11 is 0. The average Bonchev–Trinajstić information content (AvgIpc) is 2.32. The number of hydrogen-bond donors (Lipinski definition) is 3. The molecule has 1 rings (SSSR count). The number of hydrogen-bond acceptors (Lipinski definition) is 3. The Labute approximate surface area is 122 Å². The predicted octanol–water partition coefficient (Wildman–Crippen LogP) is 2.88. The standard InChI is InChI=1S/C14H20F2N2O3/c1-9-5-4-6-10(21-12(15)16)11(9)17-13(20)18-14(2,3)7-8-19/h4-6,12,19H,7-8H2,1-3H3,(H2,17,18,20). The summed E-state index contributed by atoms with van der Waals surface area (Å²) in [6, 6.07) is 4.04. The van der Waals surface area contributed by atoms with Crippen LogP contribution in [0.5, 0.6) is 5.75 Å². The Balaban J connectivity index is 2.84. The van der Waals surface area contributed by atoms with Crippen LogP contribution >= 0.6 is 0 Å². The molecule has 0 heterocycles. The highest BCUT2D eigenvalue weighted by Gasteiger charge is 2.21. The number of aryl methyl sites for hydroxylation is 1. The summed E-state index contributed by atoms with van der Waals surface area (Å²) in [5.74, 6) is -0.0971. The topological polar surface area (TPSA) is 70.6 Å². The number of alkyl halides is 2. The molecule has 0 fully saturated rings. The van der Waals surface area contributed by atoms with E-state index in [9.17, 15) is 13.6 Å². The van der Waals surface area contributed by atoms with Crippen molar-refractivity contribution >= 4 is 11.7 Å². The SMILES string of the molecule is Cc1cccc(OC(F)F)c1NC(=O)NC(C)(C)CCO. The van der Waals surface area contributed by atoms with E-state index in [1.54, 1.807) is 32.9 Å². The van der Waals surface area contributed by atoms with Gasteiger partial charge in [-0.05, 0) is 38.8 Å². The molecule has 0 aliphatic carbocycles. The highest BCUT2D eigenvalue weighted by molar-refractivity contribution is 5.92. The van der Waals surface area contributed by atoms with Crippen LogP contribution in [0.1, 0.15) is 25.8 Å². The fourth-order valence-corrected chi connectivity index (χ4v) is 1.79. The summed E-state index contributed by atoms with van der Waals surface area (Å²) in [4.78, 5) is 11.9. The van der Waals surface area contributed by atoms with Gasteiger partial charge in [0.05, 0.1) is 5.69 Å². The van der Waals surface area contributed by atoms with Gasteiger partial charge < -0.3 is 20.5 Å². The maximum atomic E-state index is 12.4. The Morgan fingerprint density at radius 1 is 1.43 bits per heavy atom. The third-order valence-corrected chi connectivity index (χ3v) is 2.88. The molecular formula is C14H20F2N2O3. The highest BCUT2D eigenvalue weighted by Crippen LogP contribution is 2.29. The second-order valence-corrected chi connectivity index (χ2v) is 5.26. The molecule has 1 aromatic rings. The molecule has 0 spiro atoms. The lowest BCUT2D eigenvalue weighted by Crippen LogP contribution is -2.46. The molecule has 1 aromatic carbocycles. The molecule has 2 amide bonds. The van der Waals surface area contributed by atoms with Crippen molar-refractivity contribution in [2.75, 3.05) is 11.9 Å². The largest absolute Gasteiger partial charge is 0.433 e. The number of anilines is 1. The Hall–Kier alpha value is -1.89. The first-order valence-electron chi connectivity index (χ1n) is 6.49. The number of amides is 2. The number of urea groups is 1. The molecule has 0 saturated carbocycles. The lowest BCUT2D eigenvalue weighted by Gasteiger charge is -2.26. The first-order valence-corrected chi connectivity index (χ1v) is 6.49. The number of nitrogens with one attached hydrogen (secondary N) is 2. The number of halogens is 2. The van der Waals surface area contributed by atoms with Crippen molar-refractivity contribution in [2.24, 2.45) is 0 Å². The van der Waals surface area contributed by atoms with Crippen LogP contribution in [-0.2, 0) is 0 Å². The molecular weight excluding hydrogens is 282 g/mol. The number of rotatable bonds is 6. The molecule has 0 radical (unpaired) electrons. The number of carbonyl (C=O) groups is 1. The fourth-order valence-electron chi connectivity index (χ4n) is 1.79. The minimum atomic E-state index is -2.97. The second-order valence-electron chi connectivity index (χ2n) is 5.26. The Morgan fingerprint density at radius 3 is 2.67 bits per heavy atom. The van der Waals surface area contributed by atoms with Gasteiger partial charge in [0.15, 0.2) is 0 Å². The van der Waals surface area contributed by atoms with Gasteiger partial charge in [-0.3, -0.25) is 0 Å². The van der Waals surface area contributed by atoms with Crippen molar-refractivity contribution < 1.29 is 23.4 Å². The van der Waals surface area contributed by atoms with Crippen molar-refractivity contribution in [2.45, 2.75) is 39.3 Å². The quantitative estimate of drug-likeness (QED) is 0.756. The van der Waals surface area contributed by atoms with Crippen LogP contribution in [0.3, 0.4) is 0 Å². The summed E-state index contributed by atoms with van der Waals surface area (Å²) in [5, 5.41) is 14.1. The molecule has 0 saturated heterocycles. The maximum Gasteiger partial charge on any atom is 0.387 e. The van der Waals surface area contributed by atoms with Crippen molar-refractivity contribution in [3.05, 3.63) is 23.8 Å². The van der Waals surface area contributed by atoms with Crippen LogP contribution in [0, 0.1) is 6.92 Å². The summed E-state index contributed by atoms with van der Waals surface area (Å²) < 4.78 is 29.1. The lowest BCUT2D eigenvalue weighted by molar-refractivity contribution is -0.0493. The van der Waals surface area contributed by atoms with E-state index in [0.29, 0.717) is 12.0 Å². The van der Waals surface area contributed by atoms with Gasteiger partial charge in [-0.1, -0.05) is 12.1 Å². The smallest absolute Gasteiger partial charge is 0.387 e. The molecule has 0 aliphatic heterocycles. The summed E-state index contributed by atoms with van der Waals surface area (Å²) in [6.45, 7) is 2.12. The number of aliphatic hydroxyl groups is 1. The lowest BCUT2D eigenvalue weighted by atomic mass is 10.0. The second kappa shape index (κ2) is 7.21. The zero-order chi connectivity index (χ0) is 16.0. The zero-order valence-electron chi connectivity index (χ0n) is 12.2. The minimum absolute atomic E-state index is 0.0720. The minimum Gasteiger partial charge on any atom is -0.433 e. The first-order chi connectivity index (χ1) is 9.75. The van der Waals surface area contributed by atoms with Gasteiger partial charge in [-0.25, -0.2) is 4.79 Å². The molecule has 3 N–H and O–H groups in total. The molecule has 0 atom stereocenters. The Bertz CT molecular complexity index is 493. The number of aliphatic hydroxyl groups excluding tert-OH is 1. The Kier molecular flexibility index (Phi) is 5.90. The summed E-state index contributed by atoms with van der Waals surface area (Å²) in [6.07, 6.45) is 0.370. The fraction of sp³-hybridized carbons (Fsp3) is 0.500. The molecule has 0 unspecified atom stereocenters. The van der Waals surface area contributed by atoms with E-state index in [2.05, 4.69) is 15.4 Å². The van der Waals surface area contributed by atoms with Gasteiger partial charge in [0, 0.05) is 12.1 Å². The maximum absolute atomic E-state index is 12.4. The van der Waals surface area contributed by atoms with Crippen LogP contribution < -0.4 is 15.4 Å². The molecule has 118 valence electrons. The van der Waals surface area contributed by atoms with E-state index in [0.717, 1.165) is 0 Å². The van der Waals surface area contributed by atoms with Gasteiger partial charge >= 0.3 is 12.6 Å². The van der Waals surface area contributed by atoms with E-state index in [-0.39, 0.29) is 18.0 Å². The third kappa shape index (κ3) is 5.55. The Morgan fingerprint density at radius 2 is 2.10 bits per heavy atom. The monoisotopic (exact) mass is 302 g/mol. The number of para-hydroxylation sites is 1. The van der Waals surface area contributed by atoms with E-state index in [4.69, 9.17) is 5.11 Å². The van der Waals surface area contributed by atoms with Crippen LogP contribution in [0.15, 0.2) is 18.2 Å². The number of ether oxygens (including phenoxy) is 1. The van der Waals surface area contributed by atoms with Crippen molar-refractivity contribution in [3.8, 4) is 5.75 Å². The average molecular weight is 302 g/mol. The summed E-state index contributed by atoms with van der Waals surface area (Å²) in [5.41, 5.74) is 0.170. The van der Waals surface area contributed by atoms with E-state index in [1.807, 2.05) is 0 Å². The van der Waals surface area contributed by atoms with Crippen LogP contribution in [-0.4, -0.2) is 29.9 Å². The van der Waals surface area contributed by atoms with Gasteiger partial charge in [0.25, 0.3) is 0 Å². The molecule has 0 aliphatic rings. The van der Waals surface area contributed by atoms with Crippen LogP contribution in [0.2, 0.25) is 0 Å². The molecule has 0 bridgehead atoms. The van der Waals surface area contributed by atoms with Gasteiger partial charge in [0.2, 0.25) is 0 Å². The van der Waals surface area contributed by atoms with Gasteiger partial charge in [-0.15, -0.1) is 0 Å². The normalized spacial score (nSPS) is 11.4. The third-order valence-electron chi connectivity index (χ3n) is 2.88. The van der Waals surface area contributed by atoms with Crippen molar-refractivity contribution in [3.63, 3.8) is 0 Å². The van der Waals surface area contributed by atoms with Crippen LogP contribution in [0.25, 0.3) is 0 Å². The van der Waals surface area contributed by atoms with Crippen LogP contribution in [0.4, 0.5) is 19.3 Å². The molecule has 21 heavy (non-hydrogen) atoms.